The lowest BCUT2D eigenvalue weighted by atomic mass is 9.92. The van der Waals surface area contributed by atoms with Gasteiger partial charge >= 0.3 is 5.97 Å². The van der Waals surface area contributed by atoms with E-state index in [9.17, 15) is 25.1 Å². The minimum absolute atomic E-state index is 0.0374. The van der Waals surface area contributed by atoms with Crippen molar-refractivity contribution >= 4 is 41.2 Å². The number of carboxylic acid groups (broad SMARTS) is 1. The molecule has 2 aromatic heterocycles. The van der Waals surface area contributed by atoms with E-state index in [-0.39, 0.29) is 48.8 Å². The number of pyridine rings is 2. The fourth-order valence-electron chi connectivity index (χ4n) is 7.01. The van der Waals surface area contributed by atoms with Crippen LogP contribution in [0.4, 0.5) is 0 Å². The third kappa shape index (κ3) is 12.3. The molecule has 0 aliphatic carbocycles. The molecule has 0 aliphatic heterocycles. The molecule has 0 unspecified atom stereocenters. The minimum Gasteiger partial charge on any atom is -0.488 e. The van der Waals surface area contributed by atoms with Crippen LogP contribution in [0, 0.1) is 25.2 Å². The molecule has 0 fully saturated rings. The zero-order valence-corrected chi connectivity index (χ0v) is 37.9. The molecule has 2 atom stereocenters. The number of aliphatic hydroxyl groups is 1. The van der Waals surface area contributed by atoms with E-state index in [2.05, 4.69) is 26.3 Å². The second kappa shape index (κ2) is 22.2. The Labute approximate surface area is 387 Å². The summed E-state index contributed by atoms with van der Waals surface area (Å²) in [4.78, 5) is 36.8. The van der Waals surface area contributed by atoms with E-state index < -0.39 is 18.1 Å². The lowest BCUT2D eigenvalue weighted by Gasteiger charge is -2.20. The number of aliphatic carboxylic acids is 1. The number of benzene rings is 4. The maximum Gasteiger partial charge on any atom is 0.323 e. The molecule has 2 heterocycles. The normalized spacial score (nSPS) is 12.0. The Morgan fingerprint density at radius 3 is 1.89 bits per heavy atom. The van der Waals surface area contributed by atoms with Gasteiger partial charge in [0.25, 0.3) is 0 Å². The Balaban J connectivity index is 1.20. The molecule has 0 spiro atoms. The maximum absolute atomic E-state index is 12.5. The van der Waals surface area contributed by atoms with Crippen LogP contribution < -0.4 is 24.3 Å². The number of rotatable bonds is 20. The molecule has 0 saturated carbocycles. The standard InChI is InChI=1S/C50H47Cl2N5O8/c1-29-37(27-64-47-16-45(62-25-36-13-34(19-54-5)21-56-23-36)39(14-43(47)51)24-57-49(32(4)59)50(60)61)8-6-10-40(29)41-11-7-9-38(30(41)2)28-65-48-17-46(42(31(3)58)15-44(48)52)63-26-35-12-33(18-53)20-55-22-35/h6-17,19-23,32,49,57,59H,24-28H2,1-5H3,(H,60,61)/t32-,49+/m1/s1. The number of nitriles is 1. The van der Waals surface area contributed by atoms with Gasteiger partial charge in [0.2, 0.25) is 0 Å². The van der Waals surface area contributed by atoms with Crippen molar-refractivity contribution in [1.29, 1.82) is 5.26 Å². The van der Waals surface area contributed by atoms with Gasteiger partial charge in [-0.3, -0.25) is 29.9 Å². The summed E-state index contributed by atoms with van der Waals surface area (Å²) in [5.41, 5.74) is 9.30. The van der Waals surface area contributed by atoms with Gasteiger partial charge in [0.05, 0.1) is 27.3 Å². The van der Waals surface area contributed by atoms with Crippen LogP contribution in [0.1, 0.15) is 74.3 Å². The van der Waals surface area contributed by atoms with E-state index in [1.807, 2.05) is 56.3 Å². The highest BCUT2D eigenvalue weighted by Crippen LogP contribution is 2.37. The summed E-state index contributed by atoms with van der Waals surface area (Å²) in [6.45, 7) is 7.48. The second-order valence-corrected chi connectivity index (χ2v) is 16.0. The molecule has 65 heavy (non-hydrogen) atoms. The SMILES string of the molecule is CN=Cc1cncc(COc2cc(OCc3cccc(-c4cccc(COc5cc(OCc6cncc(C#N)c6)c(C(C)=O)cc5Cl)c4C)c3C)c(Cl)cc2CN[C@H](C(=O)O)[C@@H](C)O)c1. The van der Waals surface area contributed by atoms with Gasteiger partial charge < -0.3 is 29.2 Å². The molecule has 6 rings (SSSR count). The van der Waals surface area contributed by atoms with Crippen LogP contribution >= 0.6 is 23.2 Å². The van der Waals surface area contributed by atoms with Crippen molar-refractivity contribution in [2.24, 2.45) is 4.99 Å². The fourth-order valence-corrected chi connectivity index (χ4v) is 7.47. The molecule has 15 heteroatoms. The molecular weight excluding hydrogens is 869 g/mol. The van der Waals surface area contributed by atoms with E-state index in [0.717, 1.165) is 44.5 Å². The molecule has 4 aromatic carbocycles. The zero-order valence-electron chi connectivity index (χ0n) is 36.4. The molecule has 0 amide bonds. The first-order chi connectivity index (χ1) is 31.3. The van der Waals surface area contributed by atoms with E-state index >= 15 is 0 Å². The average molecular weight is 917 g/mol. The summed E-state index contributed by atoms with van der Waals surface area (Å²) < 4.78 is 24.9. The molecule has 0 radical (unpaired) electrons. The fraction of sp³-hybridized carbons (Fsp3) is 0.240. The number of ketones is 1. The third-order valence-electron chi connectivity index (χ3n) is 10.5. The van der Waals surface area contributed by atoms with Crippen LogP contribution in [0.5, 0.6) is 23.0 Å². The molecule has 0 saturated heterocycles. The van der Waals surface area contributed by atoms with E-state index in [4.69, 9.17) is 42.1 Å². The van der Waals surface area contributed by atoms with Crippen LogP contribution in [-0.4, -0.2) is 57.3 Å². The topological polar surface area (TPSA) is 185 Å². The van der Waals surface area contributed by atoms with Crippen molar-refractivity contribution in [3.63, 3.8) is 0 Å². The van der Waals surface area contributed by atoms with Gasteiger partial charge in [0.1, 0.15) is 61.5 Å². The summed E-state index contributed by atoms with van der Waals surface area (Å²) in [6, 6.07) is 22.8. The Morgan fingerprint density at radius 1 is 0.769 bits per heavy atom. The van der Waals surface area contributed by atoms with Crippen LogP contribution in [-0.2, 0) is 37.8 Å². The highest BCUT2D eigenvalue weighted by Gasteiger charge is 2.24. The van der Waals surface area contributed by atoms with Crippen molar-refractivity contribution in [2.75, 3.05) is 7.05 Å². The maximum atomic E-state index is 12.5. The minimum atomic E-state index is -1.22. The lowest BCUT2D eigenvalue weighted by molar-refractivity contribution is -0.142. The summed E-state index contributed by atoms with van der Waals surface area (Å²) in [5, 5.41) is 32.4. The molecule has 0 bridgehead atoms. The number of aliphatic hydroxyl groups excluding tert-OH is 1. The number of aromatic nitrogens is 2. The van der Waals surface area contributed by atoms with E-state index in [0.29, 0.717) is 45.3 Å². The van der Waals surface area contributed by atoms with Gasteiger partial charge in [0, 0.05) is 79.0 Å². The largest absolute Gasteiger partial charge is 0.488 e. The summed E-state index contributed by atoms with van der Waals surface area (Å²) >= 11 is 13.4. The van der Waals surface area contributed by atoms with Gasteiger partial charge in [-0.2, -0.15) is 5.26 Å². The quantitative estimate of drug-likeness (QED) is 0.0488. The Morgan fingerprint density at radius 2 is 1.32 bits per heavy atom. The highest BCUT2D eigenvalue weighted by atomic mass is 35.5. The summed E-state index contributed by atoms with van der Waals surface area (Å²) in [5.74, 6) is -0.0340. The number of carboxylic acids is 1. The van der Waals surface area contributed by atoms with Gasteiger partial charge in [-0.05, 0) is 85.3 Å². The number of hydrogen-bond acceptors (Lipinski definition) is 12. The van der Waals surface area contributed by atoms with Crippen molar-refractivity contribution in [3.05, 3.63) is 163 Å². The molecule has 6 aromatic rings. The molecule has 334 valence electrons. The number of carbonyl (C=O) groups excluding carboxylic acids is 1. The Bertz CT molecular complexity index is 2770. The zero-order chi connectivity index (χ0) is 46.6. The number of Topliss-reactive ketones (excluding diaryl/α,β-unsaturated/α-hetero) is 1. The summed E-state index contributed by atoms with van der Waals surface area (Å²) in [7, 11) is 1.67. The molecule has 0 aliphatic rings. The monoisotopic (exact) mass is 915 g/mol. The van der Waals surface area contributed by atoms with Gasteiger partial charge in [-0.1, -0.05) is 59.6 Å². The van der Waals surface area contributed by atoms with Crippen LogP contribution in [0.2, 0.25) is 10.0 Å². The van der Waals surface area contributed by atoms with Crippen molar-refractivity contribution in [2.45, 2.75) is 72.8 Å². The first kappa shape index (κ1) is 47.7. The Kier molecular flexibility index (Phi) is 16.3. The van der Waals surface area contributed by atoms with Crippen molar-refractivity contribution in [1.82, 2.24) is 15.3 Å². The van der Waals surface area contributed by atoms with Gasteiger partial charge in [0.15, 0.2) is 5.78 Å². The third-order valence-corrected chi connectivity index (χ3v) is 11.1. The predicted octanol–water partition coefficient (Wildman–Crippen LogP) is 9.43. The summed E-state index contributed by atoms with van der Waals surface area (Å²) in [6.07, 6.45) is 6.96. The Hall–Kier alpha value is -6.82. The smallest absolute Gasteiger partial charge is 0.323 e. The van der Waals surface area contributed by atoms with E-state index in [1.54, 1.807) is 56.1 Å². The number of nitrogens with zero attached hydrogens (tertiary/aromatic N) is 4. The van der Waals surface area contributed by atoms with Crippen molar-refractivity contribution in [3.8, 4) is 40.2 Å². The van der Waals surface area contributed by atoms with Gasteiger partial charge in [-0.15, -0.1) is 0 Å². The number of hydrogen-bond donors (Lipinski definition) is 3. The van der Waals surface area contributed by atoms with E-state index in [1.165, 1.54) is 26.1 Å². The highest BCUT2D eigenvalue weighted by molar-refractivity contribution is 6.32. The average Bonchev–Trinajstić information content (AvgIpc) is 3.28. The number of ether oxygens (including phenoxy) is 4. The molecule has 3 N–H and O–H groups in total. The first-order valence-corrected chi connectivity index (χ1v) is 21.2. The van der Waals surface area contributed by atoms with Gasteiger partial charge in [-0.25, -0.2) is 0 Å². The number of nitrogens with one attached hydrogen (secondary N) is 1. The second-order valence-electron chi connectivity index (χ2n) is 15.2. The molecular formula is C50H47Cl2N5O8. The van der Waals surface area contributed by atoms with Crippen LogP contribution in [0.3, 0.4) is 0 Å². The number of carbonyl (C=O) groups is 2. The van der Waals surface area contributed by atoms with Crippen LogP contribution in [0.25, 0.3) is 11.1 Å². The molecule has 13 nitrogen and oxygen atoms in total. The van der Waals surface area contributed by atoms with Crippen LogP contribution in [0.15, 0.2) is 103 Å². The van der Waals surface area contributed by atoms with Crippen molar-refractivity contribution < 1.29 is 38.7 Å². The number of halogens is 2. The first-order valence-electron chi connectivity index (χ1n) is 20.5. The number of aliphatic imine (C=N–C) groups is 1. The predicted molar refractivity (Wildman–Crippen MR) is 248 cm³/mol. The lowest BCUT2D eigenvalue weighted by Crippen LogP contribution is -2.44.